The van der Waals surface area contributed by atoms with Crippen molar-refractivity contribution in [1.29, 1.82) is 0 Å². The number of piperidine rings is 1. The molecule has 1 aliphatic rings. The molecule has 3 rings (SSSR count). The van der Waals surface area contributed by atoms with Crippen LogP contribution in [-0.2, 0) is 11.3 Å². The average molecular weight is 321 g/mol. The second-order valence-corrected chi connectivity index (χ2v) is 6.07. The Bertz CT molecular complexity index is 667. The van der Waals surface area contributed by atoms with Crippen LogP contribution >= 0.6 is 0 Å². The highest BCUT2D eigenvalue weighted by Crippen LogP contribution is 2.20. The second kappa shape index (κ2) is 8.34. The van der Waals surface area contributed by atoms with Gasteiger partial charge in [0.05, 0.1) is 6.04 Å². The number of likely N-dealkylation sites (tertiary alicyclic amines) is 1. The molecule has 0 radical (unpaired) electrons. The van der Waals surface area contributed by atoms with E-state index in [1.807, 2.05) is 53.4 Å². The van der Waals surface area contributed by atoms with Crippen molar-refractivity contribution >= 4 is 12.2 Å². The SMILES string of the molecule is O=C(OCc1ccccc1)N1CCCC[C@H]1/C=C/c1ccccc1. The number of carbonyl (C=O) groups excluding carboxylic acids is 1. The van der Waals surface area contributed by atoms with Crippen LogP contribution in [0.15, 0.2) is 66.7 Å². The highest BCUT2D eigenvalue weighted by atomic mass is 16.6. The largest absolute Gasteiger partial charge is 0.445 e. The van der Waals surface area contributed by atoms with Gasteiger partial charge in [0, 0.05) is 6.54 Å². The Morgan fingerprint density at radius 1 is 1.04 bits per heavy atom. The molecule has 1 heterocycles. The quantitative estimate of drug-likeness (QED) is 0.802. The van der Waals surface area contributed by atoms with E-state index in [-0.39, 0.29) is 12.1 Å². The molecule has 0 unspecified atom stereocenters. The standard InChI is InChI=1S/C21H23NO2/c23-21(24-17-19-11-5-2-6-12-19)22-16-8-7-13-20(22)15-14-18-9-3-1-4-10-18/h1-6,9-12,14-15,20H,7-8,13,16-17H2/b15-14+/t20-/m0/s1. The Kier molecular flexibility index (Phi) is 5.67. The van der Waals surface area contributed by atoms with Crippen LogP contribution in [0.2, 0.25) is 0 Å². The number of benzene rings is 2. The van der Waals surface area contributed by atoms with E-state index in [0.717, 1.165) is 36.9 Å². The van der Waals surface area contributed by atoms with E-state index in [1.54, 1.807) is 0 Å². The Balaban J connectivity index is 1.61. The molecule has 2 aromatic rings. The van der Waals surface area contributed by atoms with Gasteiger partial charge in [-0.25, -0.2) is 4.79 Å². The third-order valence-electron chi connectivity index (χ3n) is 4.30. The molecule has 3 heteroatoms. The van der Waals surface area contributed by atoms with E-state index < -0.39 is 0 Å². The summed E-state index contributed by atoms with van der Waals surface area (Å²) in [4.78, 5) is 14.3. The minimum Gasteiger partial charge on any atom is -0.445 e. The number of nitrogens with zero attached hydrogens (tertiary/aromatic N) is 1. The summed E-state index contributed by atoms with van der Waals surface area (Å²) < 4.78 is 5.50. The molecule has 1 atom stereocenters. The minimum absolute atomic E-state index is 0.113. The third-order valence-corrected chi connectivity index (χ3v) is 4.30. The molecule has 2 aromatic carbocycles. The molecule has 1 fully saturated rings. The van der Waals surface area contributed by atoms with Crippen LogP contribution in [0.1, 0.15) is 30.4 Å². The summed E-state index contributed by atoms with van der Waals surface area (Å²) in [6, 6.07) is 20.1. The Hall–Kier alpha value is -2.55. The lowest BCUT2D eigenvalue weighted by Gasteiger charge is -2.33. The van der Waals surface area contributed by atoms with Crippen molar-refractivity contribution < 1.29 is 9.53 Å². The van der Waals surface area contributed by atoms with Crippen molar-refractivity contribution in [1.82, 2.24) is 4.90 Å². The smallest absolute Gasteiger partial charge is 0.410 e. The van der Waals surface area contributed by atoms with E-state index in [2.05, 4.69) is 24.3 Å². The monoisotopic (exact) mass is 321 g/mol. The minimum atomic E-state index is -0.221. The fourth-order valence-corrected chi connectivity index (χ4v) is 2.97. The van der Waals surface area contributed by atoms with Gasteiger partial charge in [0.25, 0.3) is 0 Å². The average Bonchev–Trinajstić information content (AvgIpc) is 2.66. The molecule has 0 saturated carbocycles. The van der Waals surface area contributed by atoms with E-state index in [9.17, 15) is 4.79 Å². The van der Waals surface area contributed by atoms with Crippen molar-refractivity contribution in [3.63, 3.8) is 0 Å². The van der Waals surface area contributed by atoms with Crippen molar-refractivity contribution in [2.75, 3.05) is 6.54 Å². The van der Waals surface area contributed by atoms with E-state index >= 15 is 0 Å². The van der Waals surface area contributed by atoms with Gasteiger partial charge in [0.15, 0.2) is 0 Å². The molecule has 0 spiro atoms. The maximum atomic E-state index is 12.5. The van der Waals surface area contributed by atoms with Crippen LogP contribution in [0.25, 0.3) is 6.08 Å². The van der Waals surface area contributed by atoms with Gasteiger partial charge in [-0.2, -0.15) is 0 Å². The number of rotatable bonds is 4. The highest BCUT2D eigenvalue weighted by Gasteiger charge is 2.25. The molecule has 1 amide bonds. The summed E-state index contributed by atoms with van der Waals surface area (Å²) in [6.45, 7) is 1.09. The van der Waals surface area contributed by atoms with Crippen LogP contribution in [0, 0.1) is 0 Å². The maximum Gasteiger partial charge on any atom is 0.410 e. The summed E-state index contributed by atoms with van der Waals surface area (Å²) in [7, 11) is 0. The molecule has 0 aromatic heterocycles. The van der Waals surface area contributed by atoms with Gasteiger partial charge < -0.3 is 9.64 Å². The summed E-state index contributed by atoms with van der Waals surface area (Å²) in [5, 5.41) is 0. The molecular weight excluding hydrogens is 298 g/mol. The van der Waals surface area contributed by atoms with Gasteiger partial charge in [-0.15, -0.1) is 0 Å². The van der Waals surface area contributed by atoms with Gasteiger partial charge in [0.2, 0.25) is 0 Å². The van der Waals surface area contributed by atoms with Crippen LogP contribution in [0.4, 0.5) is 4.79 Å². The molecule has 0 N–H and O–H groups in total. The number of ether oxygens (including phenoxy) is 1. The highest BCUT2D eigenvalue weighted by molar-refractivity contribution is 5.69. The number of hydrogen-bond acceptors (Lipinski definition) is 2. The molecular formula is C21H23NO2. The summed E-state index contributed by atoms with van der Waals surface area (Å²) >= 11 is 0. The fourth-order valence-electron chi connectivity index (χ4n) is 2.97. The lowest BCUT2D eigenvalue weighted by atomic mass is 10.0. The van der Waals surface area contributed by atoms with Crippen molar-refractivity contribution in [2.45, 2.75) is 31.9 Å². The zero-order valence-electron chi connectivity index (χ0n) is 13.8. The Morgan fingerprint density at radius 2 is 1.75 bits per heavy atom. The number of hydrogen-bond donors (Lipinski definition) is 0. The molecule has 3 nitrogen and oxygen atoms in total. The zero-order valence-corrected chi connectivity index (χ0v) is 13.8. The fraction of sp³-hybridized carbons (Fsp3) is 0.286. The number of amides is 1. The summed E-state index contributed by atoms with van der Waals surface area (Å²) in [5.41, 5.74) is 2.17. The first-order valence-corrected chi connectivity index (χ1v) is 8.53. The van der Waals surface area contributed by atoms with Crippen LogP contribution in [0.5, 0.6) is 0 Å². The van der Waals surface area contributed by atoms with Gasteiger partial charge in [-0.05, 0) is 30.4 Å². The summed E-state index contributed by atoms with van der Waals surface area (Å²) in [6.07, 6.45) is 7.17. The van der Waals surface area contributed by atoms with Crippen LogP contribution in [-0.4, -0.2) is 23.6 Å². The first-order chi connectivity index (χ1) is 11.8. The zero-order chi connectivity index (χ0) is 16.6. The van der Waals surface area contributed by atoms with Gasteiger partial charge in [0.1, 0.15) is 6.61 Å². The topological polar surface area (TPSA) is 29.5 Å². The lowest BCUT2D eigenvalue weighted by Crippen LogP contribution is -2.42. The van der Waals surface area contributed by atoms with Crippen molar-refractivity contribution in [3.05, 3.63) is 77.9 Å². The van der Waals surface area contributed by atoms with E-state index in [0.29, 0.717) is 6.61 Å². The molecule has 124 valence electrons. The lowest BCUT2D eigenvalue weighted by molar-refractivity contribution is 0.0777. The molecule has 0 aliphatic carbocycles. The second-order valence-electron chi connectivity index (χ2n) is 6.07. The van der Waals surface area contributed by atoms with E-state index in [1.165, 1.54) is 0 Å². The molecule has 0 bridgehead atoms. The van der Waals surface area contributed by atoms with Crippen molar-refractivity contribution in [3.8, 4) is 0 Å². The van der Waals surface area contributed by atoms with Crippen molar-refractivity contribution in [2.24, 2.45) is 0 Å². The number of carbonyl (C=O) groups is 1. The molecule has 24 heavy (non-hydrogen) atoms. The van der Waals surface area contributed by atoms with Crippen LogP contribution in [0.3, 0.4) is 0 Å². The Labute approximate surface area is 143 Å². The predicted octanol–water partition coefficient (Wildman–Crippen LogP) is 4.89. The van der Waals surface area contributed by atoms with Gasteiger partial charge in [-0.3, -0.25) is 0 Å². The normalized spacial score (nSPS) is 17.8. The van der Waals surface area contributed by atoms with Crippen LogP contribution < -0.4 is 0 Å². The molecule has 1 saturated heterocycles. The van der Waals surface area contributed by atoms with Gasteiger partial charge in [-0.1, -0.05) is 72.8 Å². The maximum absolute atomic E-state index is 12.5. The first-order valence-electron chi connectivity index (χ1n) is 8.53. The van der Waals surface area contributed by atoms with E-state index in [4.69, 9.17) is 4.74 Å². The summed E-state index contributed by atoms with van der Waals surface area (Å²) in [5.74, 6) is 0. The van der Waals surface area contributed by atoms with Gasteiger partial charge >= 0.3 is 6.09 Å². The third kappa shape index (κ3) is 4.48. The molecule has 1 aliphatic heterocycles. The predicted molar refractivity (Wildman–Crippen MR) is 96.4 cm³/mol. The first kappa shape index (κ1) is 16.3. The Morgan fingerprint density at radius 3 is 2.50 bits per heavy atom.